The summed E-state index contributed by atoms with van der Waals surface area (Å²) >= 11 is 1.69. The molecular weight excluding hydrogens is 298 g/mol. The fourth-order valence-corrected chi connectivity index (χ4v) is 4.00. The Labute approximate surface area is 136 Å². The Bertz CT molecular complexity index is 504. The first kappa shape index (κ1) is 17.2. The minimum Gasteiger partial charge on any atom is -0.393 e. The highest BCUT2D eigenvalue weighted by Gasteiger charge is 2.25. The second-order valence-electron chi connectivity index (χ2n) is 6.22. The molecule has 6 heteroatoms. The zero-order valence-electron chi connectivity index (χ0n) is 13.8. The van der Waals surface area contributed by atoms with Gasteiger partial charge in [0, 0.05) is 37.4 Å². The fraction of sp³-hybridized carbons (Fsp3) is 0.750. The van der Waals surface area contributed by atoms with Crippen LogP contribution in [-0.4, -0.2) is 47.3 Å². The Kier molecular flexibility index (Phi) is 6.20. The van der Waals surface area contributed by atoms with Gasteiger partial charge in [0.1, 0.15) is 0 Å². The highest BCUT2D eigenvalue weighted by Crippen LogP contribution is 2.24. The number of aliphatic hydroxyl groups excluding tert-OH is 1. The Morgan fingerprint density at radius 3 is 2.77 bits per heavy atom. The van der Waals surface area contributed by atoms with Crippen molar-refractivity contribution in [2.45, 2.75) is 52.1 Å². The number of aliphatic hydroxyl groups is 1. The summed E-state index contributed by atoms with van der Waals surface area (Å²) in [6.07, 6.45) is 4.69. The molecule has 1 aromatic rings. The number of hydrogen-bond acceptors (Lipinski definition) is 4. The molecule has 2 N–H and O–H groups in total. The molecular formula is C16H27N3O2S. The summed E-state index contributed by atoms with van der Waals surface area (Å²) < 4.78 is 0. The molecule has 0 saturated heterocycles. The Balaban J connectivity index is 1.73. The summed E-state index contributed by atoms with van der Waals surface area (Å²) in [5, 5.41) is 14.0. The first-order valence-electron chi connectivity index (χ1n) is 8.07. The first-order chi connectivity index (χ1) is 10.5. The molecule has 0 radical (unpaired) electrons. The van der Waals surface area contributed by atoms with Crippen LogP contribution in [0.25, 0.3) is 0 Å². The lowest BCUT2D eigenvalue weighted by Gasteiger charge is -2.31. The molecule has 1 aliphatic carbocycles. The van der Waals surface area contributed by atoms with E-state index in [-0.39, 0.29) is 18.1 Å². The number of carbonyl (C=O) groups is 1. The number of hydrogen-bond donors (Lipinski definition) is 2. The van der Waals surface area contributed by atoms with Gasteiger partial charge in [-0.25, -0.2) is 9.78 Å². The van der Waals surface area contributed by atoms with Gasteiger partial charge < -0.3 is 15.3 Å². The van der Waals surface area contributed by atoms with Gasteiger partial charge in [-0.3, -0.25) is 0 Å². The molecule has 0 spiro atoms. The van der Waals surface area contributed by atoms with Crippen molar-refractivity contribution in [3.05, 3.63) is 15.6 Å². The topological polar surface area (TPSA) is 65.5 Å². The van der Waals surface area contributed by atoms with E-state index in [1.54, 1.807) is 23.3 Å². The molecule has 124 valence electrons. The highest BCUT2D eigenvalue weighted by molar-refractivity contribution is 7.11. The number of carbonyl (C=O) groups excluding carboxylic acids is 1. The number of urea groups is 1. The summed E-state index contributed by atoms with van der Waals surface area (Å²) in [6.45, 7) is 5.27. The van der Waals surface area contributed by atoms with Gasteiger partial charge in [0.2, 0.25) is 0 Å². The predicted molar refractivity (Wildman–Crippen MR) is 89.3 cm³/mol. The summed E-state index contributed by atoms with van der Waals surface area (Å²) in [7, 11) is 1.80. The lowest BCUT2D eigenvalue weighted by molar-refractivity contribution is 0.0565. The number of thiazole rings is 1. The van der Waals surface area contributed by atoms with Crippen LogP contribution in [0.5, 0.6) is 0 Å². The molecule has 1 saturated carbocycles. The second kappa shape index (κ2) is 7.92. The molecule has 0 unspecified atom stereocenters. The third-order valence-corrected chi connectivity index (χ3v) is 5.48. The normalized spacial score (nSPS) is 21.6. The van der Waals surface area contributed by atoms with E-state index < -0.39 is 0 Å². The van der Waals surface area contributed by atoms with E-state index in [2.05, 4.69) is 10.3 Å². The fourth-order valence-electron chi connectivity index (χ4n) is 3.06. The quantitative estimate of drug-likeness (QED) is 0.874. The van der Waals surface area contributed by atoms with Gasteiger partial charge in [0.15, 0.2) is 0 Å². The third kappa shape index (κ3) is 4.68. The molecule has 1 aliphatic rings. The van der Waals surface area contributed by atoms with Gasteiger partial charge >= 0.3 is 6.03 Å². The van der Waals surface area contributed by atoms with Crippen molar-refractivity contribution >= 4 is 17.4 Å². The van der Waals surface area contributed by atoms with Crippen molar-refractivity contribution in [2.24, 2.45) is 5.92 Å². The van der Waals surface area contributed by atoms with E-state index in [0.717, 1.165) is 42.8 Å². The van der Waals surface area contributed by atoms with Gasteiger partial charge in [-0.15, -0.1) is 11.3 Å². The van der Waals surface area contributed by atoms with E-state index in [0.29, 0.717) is 13.1 Å². The lowest BCUT2D eigenvalue weighted by atomic mass is 9.86. The number of aromatic nitrogens is 1. The summed E-state index contributed by atoms with van der Waals surface area (Å²) in [6, 6.07) is -0.0586. The Hall–Kier alpha value is -1.14. The van der Waals surface area contributed by atoms with Crippen LogP contribution in [0.1, 0.15) is 41.3 Å². The zero-order chi connectivity index (χ0) is 16.1. The van der Waals surface area contributed by atoms with Crippen molar-refractivity contribution in [1.82, 2.24) is 15.2 Å². The molecule has 2 atom stereocenters. The Morgan fingerprint density at radius 1 is 1.41 bits per heavy atom. The van der Waals surface area contributed by atoms with Crippen LogP contribution in [0.2, 0.25) is 0 Å². The van der Waals surface area contributed by atoms with Crippen LogP contribution in [0.4, 0.5) is 4.79 Å². The van der Waals surface area contributed by atoms with Crippen molar-refractivity contribution in [2.75, 3.05) is 20.1 Å². The SMILES string of the molecule is Cc1nc(C)c(CCNC(=O)N(C)C[C@H]2CCCC[C@H]2O)s1. The number of amides is 2. The van der Waals surface area contributed by atoms with Crippen molar-refractivity contribution in [3.63, 3.8) is 0 Å². The monoisotopic (exact) mass is 325 g/mol. The van der Waals surface area contributed by atoms with Crippen molar-refractivity contribution in [3.8, 4) is 0 Å². The molecule has 2 amide bonds. The summed E-state index contributed by atoms with van der Waals surface area (Å²) in [5.74, 6) is 0.218. The van der Waals surface area contributed by atoms with E-state index in [9.17, 15) is 9.90 Å². The number of nitrogens with zero attached hydrogens (tertiary/aromatic N) is 2. The maximum atomic E-state index is 12.1. The van der Waals surface area contributed by atoms with E-state index in [4.69, 9.17) is 0 Å². The molecule has 1 fully saturated rings. The minimum absolute atomic E-state index is 0.0586. The van der Waals surface area contributed by atoms with Crippen molar-refractivity contribution < 1.29 is 9.90 Å². The number of nitrogens with one attached hydrogen (secondary N) is 1. The average molecular weight is 325 g/mol. The maximum absolute atomic E-state index is 12.1. The highest BCUT2D eigenvalue weighted by atomic mass is 32.1. The van der Waals surface area contributed by atoms with Gasteiger partial charge in [-0.2, -0.15) is 0 Å². The van der Waals surface area contributed by atoms with Crippen molar-refractivity contribution in [1.29, 1.82) is 0 Å². The van der Waals surface area contributed by atoms with Crippen LogP contribution in [0.3, 0.4) is 0 Å². The molecule has 0 aliphatic heterocycles. The van der Waals surface area contributed by atoms with Crippen LogP contribution in [0.15, 0.2) is 0 Å². The molecule has 0 aromatic carbocycles. The molecule has 22 heavy (non-hydrogen) atoms. The molecule has 0 bridgehead atoms. The minimum atomic E-state index is -0.258. The van der Waals surface area contributed by atoms with Gasteiger partial charge in [-0.05, 0) is 26.7 Å². The predicted octanol–water partition coefficient (Wildman–Crippen LogP) is 2.49. The second-order valence-corrected chi connectivity index (χ2v) is 7.50. The molecule has 2 rings (SSSR count). The largest absolute Gasteiger partial charge is 0.393 e. The van der Waals surface area contributed by atoms with Crippen LogP contribution < -0.4 is 5.32 Å². The van der Waals surface area contributed by atoms with Gasteiger partial charge in [-0.1, -0.05) is 12.8 Å². The van der Waals surface area contributed by atoms with Crippen LogP contribution in [-0.2, 0) is 6.42 Å². The molecule has 5 nitrogen and oxygen atoms in total. The maximum Gasteiger partial charge on any atom is 0.317 e. The van der Waals surface area contributed by atoms with E-state index in [1.807, 2.05) is 13.8 Å². The standard InChI is InChI=1S/C16H27N3O2S/c1-11-15(22-12(2)18-11)8-9-17-16(21)19(3)10-13-6-4-5-7-14(13)20/h13-14,20H,4-10H2,1-3H3,(H,17,21)/t13-,14-/m1/s1. The summed E-state index contributed by atoms with van der Waals surface area (Å²) in [4.78, 5) is 19.5. The molecule has 1 heterocycles. The van der Waals surface area contributed by atoms with E-state index >= 15 is 0 Å². The third-order valence-electron chi connectivity index (χ3n) is 4.35. The first-order valence-corrected chi connectivity index (χ1v) is 8.89. The zero-order valence-corrected chi connectivity index (χ0v) is 14.6. The Morgan fingerprint density at radius 2 is 2.14 bits per heavy atom. The molecule has 1 aromatic heterocycles. The van der Waals surface area contributed by atoms with Gasteiger partial charge in [0.05, 0.1) is 16.8 Å². The lowest BCUT2D eigenvalue weighted by Crippen LogP contribution is -2.43. The number of aryl methyl sites for hydroxylation is 2. The summed E-state index contributed by atoms with van der Waals surface area (Å²) in [5.41, 5.74) is 1.07. The van der Waals surface area contributed by atoms with Crippen LogP contribution in [0, 0.1) is 19.8 Å². The average Bonchev–Trinajstić information content (AvgIpc) is 2.79. The van der Waals surface area contributed by atoms with Crippen LogP contribution >= 0.6 is 11.3 Å². The smallest absolute Gasteiger partial charge is 0.317 e. The number of rotatable bonds is 5. The van der Waals surface area contributed by atoms with E-state index in [1.165, 1.54) is 4.88 Å². The van der Waals surface area contributed by atoms with Gasteiger partial charge in [0.25, 0.3) is 0 Å².